The van der Waals surface area contributed by atoms with Crippen LogP contribution in [0.5, 0.6) is 0 Å². The van der Waals surface area contributed by atoms with Crippen LogP contribution >= 0.6 is 22.7 Å². The lowest BCUT2D eigenvalue weighted by molar-refractivity contribution is 1.31. The summed E-state index contributed by atoms with van der Waals surface area (Å²) in [5.41, 5.74) is 8.93. The molecule has 0 amide bonds. The van der Waals surface area contributed by atoms with Crippen LogP contribution in [0.3, 0.4) is 0 Å². The zero-order chi connectivity index (χ0) is 35.3. The Morgan fingerprint density at radius 1 is 0.296 bits per heavy atom. The highest BCUT2D eigenvalue weighted by Crippen LogP contribution is 2.48. The third kappa shape index (κ3) is 4.27. The highest BCUT2D eigenvalue weighted by Gasteiger charge is 2.19. The minimum atomic E-state index is 0.880. The fourth-order valence-corrected chi connectivity index (χ4v) is 11.3. The Kier molecular flexibility index (Phi) is 6.41. The summed E-state index contributed by atoms with van der Waals surface area (Å²) < 4.78 is 5.32. The Balaban J connectivity index is 1.06. The summed E-state index contributed by atoms with van der Waals surface area (Å²) in [6.07, 6.45) is 1.95. The highest BCUT2D eigenvalue weighted by atomic mass is 32.1. The molecule has 0 atom stereocenters. The number of fused-ring (bicyclic) bond motifs is 13. The largest absolute Gasteiger partial charge is 0.252 e. The van der Waals surface area contributed by atoms with Crippen LogP contribution in [0.25, 0.3) is 117 Å². The molecule has 12 aromatic rings. The summed E-state index contributed by atoms with van der Waals surface area (Å²) >= 11 is 3.81. The van der Waals surface area contributed by atoms with E-state index < -0.39 is 0 Å². The van der Waals surface area contributed by atoms with Crippen molar-refractivity contribution in [1.29, 1.82) is 0 Å². The van der Waals surface area contributed by atoms with Gasteiger partial charge in [-0.25, -0.2) is 4.98 Å². The van der Waals surface area contributed by atoms with Crippen molar-refractivity contribution in [3.05, 3.63) is 170 Å². The van der Waals surface area contributed by atoms with Crippen molar-refractivity contribution in [2.75, 3.05) is 0 Å². The number of hydrogen-bond donors (Lipinski definition) is 0. The van der Waals surface area contributed by atoms with Crippen molar-refractivity contribution < 1.29 is 0 Å². The molecule has 0 fully saturated rings. The maximum atomic E-state index is 5.37. The van der Waals surface area contributed by atoms with Crippen LogP contribution in [-0.4, -0.2) is 9.97 Å². The van der Waals surface area contributed by atoms with Crippen LogP contribution in [0.4, 0.5) is 0 Å². The SMILES string of the molecule is c1ccc2c(c1)sc1c(-c3cccc4c3sc3c(-c5ccc(-c6cnc7c8ccccc8c8ccccc8c7n6)c6ccccc56)cccc34)cccc12. The number of nitrogens with zero attached hydrogens (tertiary/aromatic N) is 2. The fourth-order valence-electron chi connectivity index (χ4n) is 8.71. The predicted molar refractivity (Wildman–Crippen MR) is 234 cm³/mol. The average molecular weight is 721 g/mol. The molecule has 54 heavy (non-hydrogen) atoms. The minimum Gasteiger partial charge on any atom is -0.252 e. The molecule has 3 aromatic heterocycles. The first kappa shape index (κ1) is 30.0. The lowest BCUT2D eigenvalue weighted by Gasteiger charge is -2.14. The second kappa shape index (κ2) is 11.5. The van der Waals surface area contributed by atoms with Crippen molar-refractivity contribution in [2.45, 2.75) is 0 Å². The molecule has 0 aliphatic rings. The first-order chi connectivity index (χ1) is 26.8. The highest BCUT2D eigenvalue weighted by molar-refractivity contribution is 7.27. The van der Waals surface area contributed by atoms with Crippen LogP contribution in [0.2, 0.25) is 0 Å². The molecule has 0 bridgehead atoms. The van der Waals surface area contributed by atoms with E-state index in [0.717, 1.165) is 33.1 Å². The topological polar surface area (TPSA) is 25.8 Å². The number of aromatic nitrogens is 2. The van der Waals surface area contributed by atoms with Gasteiger partial charge in [-0.3, -0.25) is 4.98 Å². The molecule has 0 radical (unpaired) electrons. The van der Waals surface area contributed by atoms with Gasteiger partial charge in [0, 0.05) is 73.4 Å². The molecule has 0 unspecified atom stereocenters. The van der Waals surface area contributed by atoms with E-state index in [4.69, 9.17) is 9.97 Å². The van der Waals surface area contributed by atoms with Gasteiger partial charge in [0.25, 0.3) is 0 Å². The Labute approximate surface area is 318 Å². The second-order valence-electron chi connectivity index (χ2n) is 14.0. The van der Waals surface area contributed by atoms with Gasteiger partial charge < -0.3 is 0 Å². The van der Waals surface area contributed by atoms with E-state index in [1.165, 1.54) is 84.1 Å². The van der Waals surface area contributed by atoms with Crippen molar-refractivity contribution in [1.82, 2.24) is 9.97 Å². The van der Waals surface area contributed by atoms with Gasteiger partial charge in [-0.2, -0.15) is 0 Å². The van der Waals surface area contributed by atoms with Crippen LogP contribution in [-0.2, 0) is 0 Å². The molecule has 0 spiro atoms. The quantitative estimate of drug-likeness (QED) is 0.170. The smallest absolute Gasteiger partial charge is 0.0979 e. The molecule has 4 heteroatoms. The van der Waals surface area contributed by atoms with Gasteiger partial charge in [0.05, 0.1) is 22.9 Å². The zero-order valence-corrected chi connectivity index (χ0v) is 30.5. The van der Waals surface area contributed by atoms with Gasteiger partial charge in [-0.1, -0.05) is 158 Å². The van der Waals surface area contributed by atoms with Gasteiger partial charge in [0.1, 0.15) is 0 Å². The van der Waals surface area contributed by atoms with Gasteiger partial charge >= 0.3 is 0 Å². The first-order valence-corrected chi connectivity index (χ1v) is 19.9. The van der Waals surface area contributed by atoms with Crippen molar-refractivity contribution in [3.8, 4) is 33.5 Å². The molecule has 2 nitrogen and oxygen atoms in total. The Bertz CT molecular complexity index is 3480. The number of thiophene rings is 2. The number of hydrogen-bond acceptors (Lipinski definition) is 4. The second-order valence-corrected chi connectivity index (χ2v) is 16.1. The molecule has 0 aliphatic heterocycles. The summed E-state index contributed by atoms with van der Waals surface area (Å²) in [5, 5.41) is 12.3. The fraction of sp³-hybridized carbons (Fsp3) is 0. The Morgan fingerprint density at radius 3 is 1.39 bits per heavy atom. The van der Waals surface area contributed by atoms with Crippen LogP contribution < -0.4 is 0 Å². The van der Waals surface area contributed by atoms with Gasteiger partial charge in [-0.05, 0) is 33.2 Å². The standard InChI is InChI=1S/C50H28N2S2/c1-2-13-30-29(12-1)33(26-27-34(30)44-28-51-46-36-17-5-3-14-31(36)32-15-4-6-18-37(32)47(46)52-44)38-19-9-22-42-43-24-11-23-41(50(43)54-49(38)42)40-21-10-20-39-35-16-7-8-25-45(35)53-48(39)40/h1-28H. The molecular formula is C50H28N2S2. The summed E-state index contributed by atoms with van der Waals surface area (Å²) in [7, 11) is 0. The van der Waals surface area contributed by atoms with E-state index in [1.807, 2.05) is 28.9 Å². The lowest BCUT2D eigenvalue weighted by atomic mass is 9.93. The lowest BCUT2D eigenvalue weighted by Crippen LogP contribution is -1.93. The van der Waals surface area contributed by atoms with Crippen molar-refractivity contribution in [2.24, 2.45) is 0 Å². The molecule has 0 aliphatic carbocycles. The monoisotopic (exact) mass is 720 g/mol. The van der Waals surface area contributed by atoms with E-state index in [0.29, 0.717) is 0 Å². The average Bonchev–Trinajstić information content (AvgIpc) is 3.82. The molecule has 12 rings (SSSR count). The molecule has 0 saturated heterocycles. The summed E-state index contributed by atoms with van der Waals surface area (Å²) in [6.45, 7) is 0. The third-order valence-electron chi connectivity index (χ3n) is 11.1. The van der Waals surface area contributed by atoms with Crippen LogP contribution in [0.15, 0.2) is 170 Å². The summed E-state index contributed by atoms with van der Waals surface area (Å²) in [5.74, 6) is 0. The number of rotatable bonds is 3. The van der Waals surface area contributed by atoms with E-state index >= 15 is 0 Å². The van der Waals surface area contributed by atoms with Crippen molar-refractivity contribution >= 4 is 106 Å². The predicted octanol–water partition coefficient (Wildman–Crippen LogP) is 14.8. The van der Waals surface area contributed by atoms with Gasteiger partial charge in [0.2, 0.25) is 0 Å². The molecule has 3 heterocycles. The third-order valence-corrected chi connectivity index (χ3v) is 13.6. The minimum absolute atomic E-state index is 0.880. The van der Waals surface area contributed by atoms with E-state index in [1.54, 1.807) is 0 Å². The van der Waals surface area contributed by atoms with Crippen LogP contribution in [0.1, 0.15) is 0 Å². The first-order valence-electron chi connectivity index (χ1n) is 18.2. The summed E-state index contributed by atoms with van der Waals surface area (Å²) in [4.78, 5) is 10.5. The van der Waals surface area contributed by atoms with Crippen molar-refractivity contribution in [3.63, 3.8) is 0 Å². The molecular weight excluding hydrogens is 693 g/mol. The van der Waals surface area contributed by atoms with Crippen LogP contribution in [0, 0.1) is 0 Å². The molecule has 250 valence electrons. The van der Waals surface area contributed by atoms with Gasteiger partial charge in [-0.15, -0.1) is 22.7 Å². The number of benzene rings is 9. The Morgan fingerprint density at radius 2 is 0.741 bits per heavy atom. The summed E-state index contributed by atoms with van der Waals surface area (Å²) in [6, 6.07) is 59.6. The zero-order valence-electron chi connectivity index (χ0n) is 28.9. The molecule has 9 aromatic carbocycles. The Hall–Kier alpha value is -6.46. The molecule has 0 saturated carbocycles. The van der Waals surface area contributed by atoms with E-state index in [9.17, 15) is 0 Å². The normalized spacial score (nSPS) is 12.1. The maximum Gasteiger partial charge on any atom is 0.0979 e. The van der Waals surface area contributed by atoms with E-state index in [-0.39, 0.29) is 0 Å². The van der Waals surface area contributed by atoms with E-state index in [2.05, 4.69) is 164 Å². The maximum absolute atomic E-state index is 5.37. The van der Waals surface area contributed by atoms with Gasteiger partial charge in [0.15, 0.2) is 0 Å². The molecule has 0 N–H and O–H groups in total.